The lowest BCUT2D eigenvalue weighted by molar-refractivity contribution is -0.136. The van der Waals surface area contributed by atoms with Gasteiger partial charge in [0.15, 0.2) is 0 Å². The molecule has 4 N–H and O–H groups in total. The number of para-hydroxylation sites is 1. The van der Waals surface area contributed by atoms with Gasteiger partial charge in [-0.25, -0.2) is 0 Å². The van der Waals surface area contributed by atoms with E-state index < -0.39 is 5.97 Å². The van der Waals surface area contributed by atoms with Crippen LogP contribution in [0.25, 0.3) is 10.9 Å². The van der Waals surface area contributed by atoms with Gasteiger partial charge >= 0.3 is 5.97 Å². The molecule has 0 spiro atoms. The largest absolute Gasteiger partial charge is 0.507 e. The van der Waals surface area contributed by atoms with E-state index in [1.165, 1.54) is 30.5 Å². The number of carboxylic acids is 1. The Kier molecular flexibility index (Phi) is 8.33. The molecule has 0 radical (unpaired) electrons. The maximum Gasteiger partial charge on any atom is 0.303 e. The smallest absolute Gasteiger partial charge is 0.303 e. The summed E-state index contributed by atoms with van der Waals surface area (Å²) in [6.45, 7) is 12.3. The molecule has 1 aromatic heterocycles. The Morgan fingerprint density at radius 1 is 0.944 bits per heavy atom. The maximum absolute atomic E-state index is 10.8. The monoisotopic (exact) mass is 490 g/mol. The highest BCUT2D eigenvalue weighted by molar-refractivity contribution is 5.92. The number of rotatable bonds is 3. The van der Waals surface area contributed by atoms with Crippen molar-refractivity contribution < 1.29 is 15.0 Å². The van der Waals surface area contributed by atoms with Crippen LogP contribution in [0.2, 0.25) is 0 Å². The molecule has 5 heteroatoms. The Hall–Kier alpha value is -3.08. The van der Waals surface area contributed by atoms with Crippen LogP contribution in [-0.4, -0.2) is 21.2 Å². The summed E-state index contributed by atoms with van der Waals surface area (Å²) in [5.74, 6) is -0.461. The van der Waals surface area contributed by atoms with Gasteiger partial charge in [0.05, 0.1) is 5.52 Å². The van der Waals surface area contributed by atoms with E-state index >= 15 is 0 Å². The molecule has 0 fully saturated rings. The minimum Gasteiger partial charge on any atom is -0.507 e. The summed E-state index contributed by atoms with van der Waals surface area (Å²) < 4.78 is 0. The molecule has 4 rings (SSSR count). The second-order valence-corrected chi connectivity index (χ2v) is 12.0. The van der Waals surface area contributed by atoms with E-state index in [1.54, 1.807) is 0 Å². The van der Waals surface area contributed by atoms with Gasteiger partial charge in [0.1, 0.15) is 5.75 Å². The first-order valence-electron chi connectivity index (χ1n) is 13.0. The molecule has 0 bridgehead atoms. The van der Waals surface area contributed by atoms with Crippen molar-refractivity contribution >= 4 is 22.6 Å². The third kappa shape index (κ3) is 6.57. The van der Waals surface area contributed by atoms with Crippen LogP contribution >= 0.6 is 0 Å². The van der Waals surface area contributed by atoms with Crippen molar-refractivity contribution in [1.29, 1.82) is 0 Å². The number of aryl methyl sites for hydroxylation is 2. The maximum atomic E-state index is 10.8. The summed E-state index contributed by atoms with van der Waals surface area (Å²) in [6, 6.07) is 12.1. The van der Waals surface area contributed by atoms with Gasteiger partial charge in [-0.3, -0.25) is 9.78 Å². The molecule has 0 saturated heterocycles. The van der Waals surface area contributed by atoms with Crippen LogP contribution in [0.1, 0.15) is 95.2 Å². The van der Waals surface area contributed by atoms with Gasteiger partial charge in [-0.05, 0) is 71.3 Å². The molecule has 194 valence electrons. The highest BCUT2D eigenvalue weighted by atomic mass is 16.4. The standard InChI is InChI=1S/C17H26O3.C14H16N2/c1-16(2,3)12-9-11(7-8-14(18)19)10-13(15(12)20)17(4,5)6;15-14-10-6-2-1-3-8-12(10)16-13-9-5-4-7-11(13)14/h9-10,20H,7-8H2,1-6H3,(H,18,19);4-5,7,9H,1-3,6,8H2,(H2,15,16). The minimum atomic E-state index is -0.798. The van der Waals surface area contributed by atoms with Crippen LogP contribution in [0.4, 0.5) is 5.69 Å². The Bertz CT molecular complexity index is 1200. The molecule has 0 amide bonds. The molecule has 36 heavy (non-hydrogen) atoms. The van der Waals surface area contributed by atoms with E-state index in [0.29, 0.717) is 12.2 Å². The Balaban J connectivity index is 0.000000204. The first kappa shape index (κ1) is 27.5. The molecule has 0 unspecified atom stereocenters. The molecule has 5 nitrogen and oxygen atoms in total. The number of nitrogens with two attached hydrogens (primary N) is 1. The summed E-state index contributed by atoms with van der Waals surface area (Å²) in [5.41, 5.74) is 13.2. The summed E-state index contributed by atoms with van der Waals surface area (Å²) in [5, 5.41) is 20.5. The number of aromatic nitrogens is 1. The van der Waals surface area contributed by atoms with Crippen molar-refractivity contribution in [3.63, 3.8) is 0 Å². The van der Waals surface area contributed by atoms with Crippen molar-refractivity contribution in [3.8, 4) is 5.75 Å². The number of benzene rings is 2. The number of phenolic OH excluding ortho intramolecular Hbond substituents is 1. The Morgan fingerprint density at radius 3 is 2.11 bits per heavy atom. The number of hydrogen-bond donors (Lipinski definition) is 3. The molecule has 0 atom stereocenters. The third-order valence-electron chi connectivity index (χ3n) is 6.88. The van der Waals surface area contributed by atoms with Gasteiger partial charge in [0.2, 0.25) is 0 Å². The zero-order valence-electron chi connectivity index (χ0n) is 22.7. The number of nitrogens with zero attached hydrogens (tertiary/aromatic N) is 1. The number of hydrogen-bond acceptors (Lipinski definition) is 4. The van der Waals surface area contributed by atoms with Crippen LogP contribution in [0.15, 0.2) is 36.4 Å². The minimum absolute atomic E-state index is 0.109. The SMILES string of the molecule is CC(C)(C)c1cc(CCC(=O)O)cc(C(C)(C)C)c1O.Nc1c2c(nc3ccccc13)CCCCC2. The normalized spacial score (nSPS) is 13.9. The van der Waals surface area contributed by atoms with Crippen LogP contribution in [-0.2, 0) is 34.9 Å². The van der Waals surface area contributed by atoms with Crippen LogP contribution in [0, 0.1) is 0 Å². The highest BCUT2D eigenvalue weighted by Gasteiger charge is 2.26. The number of phenols is 1. The summed E-state index contributed by atoms with van der Waals surface area (Å²) in [7, 11) is 0. The zero-order chi connectivity index (χ0) is 26.7. The number of nitrogen functional groups attached to an aromatic ring is 1. The third-order valence-corrected chi connectivity index (χ3v) is 6.88. The number of carboxylic acid groups (broad SMARTS) is 1. The van der Waals surface area contributed by atoms with Crippen LogP contribution in [0.5, 0.6) is 5.75 Å². The van der Waals surface area contributed by atoms with Gasteiger partial charge in [0, 0.05) is 23.2 Å². The lowest BCUT2D eigenvalue weighted by Crippen LogP contribution is -2.18. The molecule has 1 aliphatic rings. The van der Waals surface area contributed by atoms with E-state index in [2.05, 4.69) is 53.7 Å². The number of anilines is 1. The number of aliphatic carboxylic acids is 1. The molecular weight excluding hydrogens is 448 g/mol. The first-order chi connectivity index (χ1) is 16.8. The molecule has 1 aliphatic carbocycles. The molecule has 0 saturated carbocycles. The fraction of sp³-hybridized carbons (Fsp3) is 0.484. The highest BCUT2D eigenvalue weighted by Crippen LogP contribution is 2.40. The quantitative estimate of drug-likeness (QED) is 0.341. The van der Waals surface area contributed by atoms with Gasteiger partial charge in [-0.1, -0.05) is 78.3 Å². The number of fused-ring (bicyclic) bond motifs is 2. The van der Waals surface area contributed by atoms with E-state index in [0.717, 1.165) is 46.1 Å². The first-order valence-corrected chi connectivity index (χ1v) is 13.0. The predicted molar refractivity (Wildman–Crippen MR) is 149 cm³/mol. The summed E-state index contributed by atoms with van der Waals surface area (Å²) in [6.07, 6.45) is 6.57. The van der Waals surface area contributed by atoms with Gasteiger partial charge in [-0.2, -0.15) is 0 Å². The fourth-order valence-corrected chi connectivity index (χ4v) is 4.82. The molecule has 2 aromatic carbocycles. The second-order valence-electron chi connectivity index (χ2n) is 12.0. The average molecular weight is 491 g/mol. The van der Waals surface area contributed by atoms with Crippen LogP contribution in [0.3, 0.4) is 0 Å². The fourth-order valence-electron chi connectivity index (χ4n) is 4.82. The Morgan fingerprint density at radius 2 is 1.53 bits per heavy atom. The van der Waals surface area contributed by atoms with E-state index in [9.17, 15) is 9.90 Å². The van der Waals surface area contributed by atoms with Crippen LogP contribution < -0.4 is 5.73 Å². The number of pyridine rings is 1. The van der Waals surface area contributed by atoms with Crippen molar-refractivity contribution in [2.45, 2.75) is 97.3 Å². The van der Waals surface area contributed by atoms with Gasteiger partial charge in [0.25, 0.3) is 0 Å². The topological polar surface area (TPSA) is 96.4 Å². The van der Waals surface area contributed by atoms with Crippen molar-refractivity contribution in [2.24, 2.45) is 0 Å². The molecule has 1 heterocycles. The number of carbonyl (C=O) groups is 1. The van der Waals surface area contributed by atoms with E-state index in [-0.39, 0.29) is 17.3 Å². The lowest BCUT2D eigenvalue weighted by Gasteiger charge is -2.28. The number of aromatic hydroxyl groups is 1. The molecule has 3 aromatic rings. The molecule has 0 aliphatic heterocycles. The lowest BCUT2D eigenvalue weighted by atomic mass is 9.78. The summed E-state index contributed by atoms with van der Waals surface area (Å²) >= 11 is 0. The van der Waals surface area contributed by atoms with E-state index in [1.807, 2.05) is 24.3 Å². The van der Waals surface area contributed by atoms with Gasteiger partial charge in [-0.15, -0.1) is 0 Å². The van der Waals surface area contributed by atoms with Crippen molar-refractivity contribution in [2.75, 3.05) is 5.73 Å². The summed E-state index contributed by atoms with van der Waals surface area (Å²) in [4.78, 5) is 15.5. The average Bonchev–Trinajstić information content (AvgIpc) is 3.03. The van der Waals surface area contributed by atoms with Crippen molar-refractivity contribution in [3.05, 3.63) is 64.3 Å². The predicted octanol–water partition coefficient (Wildman–Crippen LogP) is 7.09. The molecular formula is C31H42N2O3. The van der Waals surface area contributed by atoms with Crippen molar-refractivity contribution in [1.82, 2.24) is 4.98 Å². The zero-order valence-corrected chi connectivity index (χ0v) is 22.7. The van der Waals surface area contributed by atoms with E-state index in [4.69, 9.17) is 15.8 Å². The van der Waals surface area contributed by atoms with Gasteiger partial charge < -0.3 is 15.9 Å². The second kappa shape index (κ2) is 10.9. The Labute approximate surface area is 215 Å².